The Morgan fingerprint density at radius 2 is 2.53 bits per heavy atom. The number of anilines is 1. The summed E-state index contributed by atoms with van der Waals surface area (Å²) in [4.78, 5) is 7.97. The van der Waals surface area contributed by atoms with Gasteiger partial charge in [0.1, 0.15) is 11.4 Å². The molecule has 0 bridgehead atoms. The standard InChI is InChI=1S/C10H13BrClN3O2/c1-16-10(2-3-17-6-10)5-14-8-7(11)4-13-9(12)15-8/h4H,2-3,5-6H2,1H3,(H,13,14,15). The van der Waals surface area contributed by atoms with Crippen LogP contribution in [0.1, 0.15) is 6.42 Å². The number of ether oxygens (including phenoxy) is 2. The highest BCUT2D eigenvalue weighted by Crippen LogP contribution is 2.25. The summed E-state index contributed by atoms with van der Waals surface area (Å²) in [5.41, 5.74) is -0.281. The van der Waals surface area contributed by atoms with Gasteiger partial charge in [-0.15, -0.1) is 0 Å². The van der Waals surface area contributed by atoms with Crippen LogP contribution >= 0.6 is 27.5 Å². The van der Waals surface area contributed by atoms with E-state index in [1.807, 2.05) is 0 Å². The Balaban J connectivity index is 2.03. The number of hydrogen-bond acceptors (Lipinski definition) is 5. The molecular weight excluding hydrogens is 309 g/mol. The third-order valence-electron chi connectivity index (χ3n) is 2.79. The lowest BCUT2D eigenvalue weighted by atomic mass is 10.0. The van der Waals surface area contributed by atoms with Gasteiger partial charge >= 0.3 is 0 Å². The highest BCUT2D eigenvalue weighted by atomic mass is 79.9. The van der Waals surface area contributed by atoms with Crippen LogP contribution < -0.4 is 5.32 Å². The van der Waals surface area contributed by atoms with Gasteiger partial charge in [0.25, 0.3) is 0 Å². The van der Waals surface area contributed by atoms with E-state index >= 15 is 0 Å². The highest BCUT2D eigenvalue weighted by molar-refractivity contribution is 9.10. The van der Waals surface area contributed by atoms with E-state index in [2.05, 4.69) is 31.2 Å². The Hall–Kier alpha value is -0.430. The number of halogens is 2. The van der Waals surface area contributed by atoms with Gasteiger partial charge in [0, 0.05) is 32.9 Å². The third kappa shape index (κ3) is 3.07. The molecule has 94 valence electrons. The zero-order valence-corrected chi connectivity index (χ0v) is 11.7. The molecule has 7 heteroatoms. The first-order valence-electron chi connectivity index (χ1n) is 5.20. The van der Waals surface area contributed by atoms with E-state index in [9.17, 15) is 0 Å². The van der Waals surface area contributed by atoms with E-state index in [1.165, 1.54) is 0 Å². The maximum Gasteiger partial charge on any atom is 0.224 e. The van der Waals surface area contributed by atoms with Gasteiger partial charge in [-0.25, -0.2) is 4.98 Å². The summed E-state index contributed by atoms with van der Waals surface area (Å²) < 4.78 is 11.6. The quantitative estimate of drug-likeness (QED) is 0.861. The minimum atomic E-state index is -0.281. The number of nitrogens with zero attached hydrogens (tertiary/aromatic N) is 2. The molecule has 1 N–H and O–H groups in total. The summed E-state index contributed by atoms with van der Waals surface area (Å²) in [7, 11) is 1.69. The van der Waals surface area contributed by atoms with Crippen molar-refractivity contribution in [2.75, 3.05) is 32.2 Å². The van der Waals surface area contributed by atoms with E-state index in [-0.39, 0.29) is 10.9 Å². The molecule has 0 aliphatic carbocycles. The normalized spacial score (nSPS) is 23.9. The Labute approximate surface area is 113 Å². The van der Waals surface area contributed by atoms with Crippen molar-refractivity contribution >= 4 is 33.3 Å². The number of aromatic nitrogens is 2. The topological polar surface area (TPSA) is 56.3 Å². The van der Waals surface area contributed by atoms with Crippen molar-refractivity contribution in [2.45, 2.75) is 12.0 Å². The molecule has 0 amide bonds. The van der Waals surface area contributed by atoms with Crippen molar-refractivity contribution in [1.82, 2.24) is 9.97 Å². The smallest absolute Gasteiger partial charge is 0.224 e. The Morgan fingerprint density at radius 1 is 1.71 bits per heavy atom. The Morgan fingerprint density at radius 3 is 3.18 bits per heavy atom. The fraction of sp³-hybridized carbons (Fsp3) is 0.600. The fourth-order valence-electron chi connectivity index (χ4n) is 1.68. The van der Waals surface area contributed by atoms with Gasteiger partial charge in [0.05, 0.1) is 11.1 Å². The van der Waals surface area contributed by atoms with Gasteiger partial charge in [0.15, 0.2) is 0 Å². The summed E-state index contributed by atoms with van der Waals surface area (Å²) in [6.07, 6.45) is 2.48. The van der Waals surface area contributed by atoms with Crippen LogP contribution in [-0.4, -0.2) is 42.4 Å². The van der Waals surface area contributed by atoms with Crippen LogP contribution in [0.3, 0.4) is 0 Å². The largest absolute Gasteiger partial charge is 0.378 e. The predicted octanol–water partition coefficient (Wildman–Crippen LogP) is 2.11. The average Bonchev–Trinajstić information content (AvgIpc) is 2.80. The first kappa shape index (κ1) is 13.0. The lowest BCUT2D eigenvalue weighted by Gasteiger charge is -2.26. The maximum atomic E-state index is 5.74. The molecule has 1 atom stereocenters. The van der Waals surface area contributed by atoms with E-state index in [4.69, 9.17) is 21.1 Å². The molecule has 1 saturated heterocycles. The first-order chi connectivity index (χ1) is 8.15. The van der Waals surface area contributed by atoms with Crippen LogP contribution in [0.2, 0.25) is 5.28 Å². The van der Waals surface area contributed by atoms with Gasteiger partial charge < -0.3 is 14.8 Å². The van der Waals surface area contributed by atoms with Crippen molar-refractivity contribution in [1.29, 1.82) is 0 Å². The second-order valence-electron chi connectivity index (χ2n) is 3.88. The molecule has 1 aliphatic rings. The first-order valence-corrected chi connectivity index (χ1v) is 6.37. The van der Waals surface area contributed by atoms with Crippen LogP contribution in [0.5, 0.6) is 0 Å². The van der Waals surface area contributed by atoms with Crippen molar-refractivity contribution in [2.24, 2.45) is 0 Å². The molecule has 1 fully saturated rings. The van der Waals surface area contributed by atoms with Crippen LogP contribution in [-0.2, 0) is 9.47 Å². The van der Waals surface area contributed by atoms with Crippen molar-refractivity contribution in [3.8, 4) is 0 Å². The van der Waals surface area contributed by atoms with Gasteiger partial charge in [-0.05, 0) is 27.5 Å². The number of nitrogens with one attached hydrogen (secondary N) is 1. The maximum absolute atomic E-state index is 5.74. The zero-order valence-electron chi connectivity index (χ0n) is 9.37. The lowest BCUT2D eigenvalue weighted by molar-refractivity contribution is -0.00626. The number of methoxy groups -OCH3 is 1. The third-order valence-corrected chi connectivity index (χ3v) is 3.56. The minimum Gasteiger partial charge on any atom is -0.378 e. The molecule has 17 heavy (non-hydrogen) atoms. The molecule has 1 aromatic heterocycles. The van der Waals surface area contributed by atoms with Crippen LogP contribution in [0.25, 0.3) is 0 Å². The molecule has 1 aliphatic heterocycles. The molecule has 0 aromatic carbocycles. The predicted molar refractivity (Wildman–Crippen MR) is 68.4 cm³/mol. The molecule has 1 unspecified atom stereocenters. The average molecular weight is 323 g/mol. The van der Waals surface area contributed by atoms with Gasteiger partial charge in [-0.1, -0.05) is 0 Å². The van der Waals surface area contributed by atoms with Crippen LogP contribution in [0.4, 0.5) is 5.82 Å². The lowest BCUT2D eigenvalue weighted by Crippen LogP contribution is -2.39. The Bertz CT molecular complexity index is 399. The number of hydrogen-bond donors (Lipinski definition) is 1. The van der Waals surface area contributed by atoms with Gasteiger partial charge in [0.2, 0.25) is 5.28 Å². The molecule has 0 saturated carbocycles. The number of rotatable bonds is 4. The molecule has 0 radical (unpaired) electrons. The van der Waals surface area contributed by atoms with Crippen LogP contribution in [0.15, 0.2) is 10.7 Å². The van der Waals surface area contributed by atoms with Gasteiger partial charge in [-0.2, -0.15) is 4.98 Å². The minimum absolute atomic E-state index is 0.213. The van der Waals surface area contributed by atoms with Crippen molar-refractivity contribution in [3.05, 3.63) is 16.0 Å². The molecule has 2 rings (SSSR count). The van der Waals surface area contributed by atoms with Crippen molar-refractivity contribution in [3.63, 3.8) is 0 Å². The van der Waals surface area contributed by atoms with E-state index in [0.29, 0.717) is 19.0 Å². The second kappa shape index (κ2) is 5.48. The summed E-state index contributed by atoms with van der Waals surface area (Å²) in [5.74, 6) is 0.660. The molecule has 5 nitrogen and oxygen atoms in total. The van der Waals surface area contributed by atoms with E-state index < -0.39 is 0 Å². The van der Waals surface area contributed by atoms with E-state index in [0.717, 1.165) is 17.5 Å². The zero-order chi connectivity index (χ0) is 12.3. The fourth-order valence-corrected chi connectivity index (χ4v) is 2.14. The molecule has 1 aromatic rings. The summed E-state index contributed by atoms with van der Waals surface area (Å²) >= 11 is 9.10. The van der Waals surface area contributed by atoms with Crippen molar-refractivity contribution < 1.29 is 9.47 Å². The SMILES string of the molecule is COC1(CNc2nc(Cl)ncc2Br)CCOC1. The summed E-state index contributed by atoms with van der Waals surface area (Å²) in [6.45, 7) is 1.93. The van der Waals surface area contributed by atoms with E-state index in [1.54, 1.807) is 13.3 Å². The molecule has 2 heterocycles. The van der Waals surface area contributed by atoms with Gasteiger partial charge in [-0.3, -0.25) is 0 Å². The molecule has 0 spiro atoms. The van der Waals surface area contributed by atoms with Crippen LogP contribution in [0, 0.1) is 0 Å². The molecular formula is C10H13BrClN3O2. The Kier molecular flexibility index (Phi) is 4.19. The highest BCUT2D eigenvalue weighted by Gasteiger charge is 2.34. The summed E-state index contributed by atoms with van der Waals surface area (Å²) in [5, 5.41) is 3.41. The summed E-state index contributed by atoms with van der Waals surface area (Å²) in [6, 6.07) is 0. The monoisotopic (exact) mass is 321 g/mol. The second-order valence-corrected chi connectivity index (χ2v) is 5.07.